The average Bonchev–Trinajstić information content (AvgIpc) is 2.80. The van der Waals surface area contributed by atoms with Gasteiger partial charge in [0.2, 0.25) is 5.79 Å². The van der Waals surface area contributed by atoms with E-state index in [0.29, 0.717) is 0 Å². The number of hydrogen-bond donors (Lipinski definition) is 4. The van der Waals surface area contributed by atoms with Crippen molar-refractivity contribution in [3.63, 3.8) is 0 Å². The summed E-state index contributed by atoms with van der Waals surface area (Å²) in [7, 11) is 0. The number of aliphatic hydroxyl groups excluding tert-OH is 4. The van der Waals surface area contributed by atoms with E-state index in [-0.39, 0.29) is 11.8 Å². The van der Waals surface area contributed by atoms with E-state index in [1.807, 2.05) is 0 Å². The van der Waals surface area contributed by atoms with Crippen LogP contribution in [0, 0.1) is 0 Å². The van der Waals surface area contributed by atoms with Crippen LogP contribution in [0.2, 0.25) is 0 Å². The van der Waals surface area contributed by atoms with Gasteiger partial charge in [0.15, 0.2) is 6.29 Å². The van der Waals surface area contributed by atoms with Gasteiger partial charge in [0.1, 0.15) is 24.4 Å². The van der Waals surface area contributed by atoms with E-state index in [9.17, 15) is 20.4 Å². The first-order chi connectivity index (χ1) is 10.8. The van der Waals surface area contributed by atoms with Gasteiger partial charge in [0.25, 0.3) is 0 Å². The maximum Gasteiger partial charge on any atom is 0.213 e. The zero-order valence-corrected chi connectivity index (χ0v) is 14.8. The van der Waals surface area contributed by atoms with Crippen LogP contribution in [0.1, 0.15) is 0 Å². The fourth-order valence-electron chi connectivity index (χ4n) is 2.53. The maximum absolute atomic E-state index is 10.3. The second-order valence-electron chi connectivity index (χ2n) is 5.41. The number of hydrogen-bond acceptors (Lipinski definition) is 7. The maximum atomic E-state index is 10.3. The van der Waals surface area contributed by atoms with Gasteiger partial charge in [-0.25, -0.2) is 0 Å². The van der Waals surface area contributed by atoms with Crippen LogP contribution in [0.15, 0.2) is 0 Å². The third-order valence-electron chi connectivity index (χ3n) is 3.91. The van der Waals surface area contributed by atoms with E-state index >= 15 is 0 Å². The molecule has 0 spiro atoms. The summed E-state index contributed by atoms with van der Waals surface area (Å²) in [4.78, 5) is 0. The van der Waals surface area contributed by atoms with Crippen molar-refractivity contribution in [1.82, 2.24) is 0 Å². The molecule has 0 aromatic carbocycles. The summed E-state index contributed by atoms with van der Waals surface area (Å²) in [5, 5.41) is 37.6. The molecule has 0 amide bonds. The number of aliphatic hydroxyl groups is 4. The average molecular weight is 416 g/mol. The van der Waals surface area contributed by atoms with E-state index in [4.69, 9.17) is 60.6 Å². The van der Waals surface area contributed by atoms with Gasteiger partial charge >= 0.3 is 0 Å². The Morgan fingerprint density at radius 3 is 2.13 bits per heavy atom. The molecule has 0 bridgehead atoms. The van der Waals surface area contributed by atoms with E-state index < -0.39 is 60.0 Å². The molecular weight excluding hydrogens is 398 g/mol. The molecule has 2 rings (SSSR count). The summed E-state index contributed by atoms with van der Waals surface area (Å²) in [5.41, 5.74) is 0. The zero-order valence-electron chi connectivity index (χ0n) is 11.8. The van der Waals surface area contributed by atoms with E-state index in [2.05, 4.69) is 0 Å². The Morgan fingerprint density at radius 2 is 1.65 bits per heavy atom. The first kappa shape index (κ1) is 20.2. The molecule has 0 radical (unpaired) electrons. The topological polar surface area (TPSA) is 109 Å². The smallest absolute Gasteiger partial charge is 0.213 e. The van der Waals surface area contributed by atoms with E-state index in [1.54, 1.807) is 0 Å². The summed E-state index contributed by atoms with van der Waals surface area (Å²) < 4.78 is 16.4. The highest BCUT2D eigenvalue weighted by Gasteiger charge is 2.57. The van der Waals surface area contributed by atoms with Crippen LogP contribution in [0.5, 0.6) is 0 Å². The van der Waals surface area contributed by atoms with Gasteiger partial charge in [0.05, 0.1) is 35.2 Å². The molecule has 2 fully saturated rings. The van der Waals surface area contributed by atoms with Crippen molar-refractivity contribution in [1.29, 1.82) is 0 Å². The first-order valence-electron chi connectivity index (χ1n) is 6.87. The Bertz CT molecular complexity index is 404. The minimum Gasteiger partial charge on any atom is -0.394 e. The van der Waals surface area contributed by atoms with E-state index in [0.717, 1.165) is 0 Å². The van der Waals surface area contributed by atoms with Gasteiger partial charge in [-0.1, -0.05) is 0 Å². The minimum atomic E-state index is -1.78. The largest absolute Gasteiger partial charge is 0.394 e. The fraction of sp³-hybridized carbons (Fsp3) is 1.00. The molecule has 0 saturated carbocycles. The lowest BCUT2D eigenvalue weighted by Crippen LogP contribution is -2.61. The van der Waals surface area contributed by atoms with Crippen LogP contribution in [0.25, 0.3) is 0 Å². The molecule has 2 heterocycles. The molecule has 0 aromatic heterocycles. The van der Waals surface area contributed by atoms with E-state index in [1.165, 1.54) is 0 Å². The van der Waals surface area contributed by atoms with Crippen LogP contribution >= 0.6 is 46.4 Å². The molecule has 4 N–H and O–H groups in total. The molecular formula is C12H18Cl4O7. The Balaban J connectivity index is 2.18. The molecule has 2 aliphatic heterocycles. The van der Waals surface area contributed by atoms with Crippen molar-refractivity contribution < 1.29 is 34.6 Å². The molecule has 0 unspecified atom stereocenters. The molecule has 9 atom stereocenters. The molecule has 2 aliphatic rings. The number of rotatable bonds is 5. The molecule has 11 heteroatoms. The van der Waals surface area contributed by atoms with Gasteiger partial charge < -0.3 is 34.6 Å². The Morgan fingerprint density at radius 1 is 1.00 bits per heavy atom. The Hall–Kier alpha value is 0.880. The van der Waals surface area contributed by atoms with Crippen molar-refractivity contribution in [3.8, 4) is 0 Å². The quantitative estimate of drug-likeness (QED) is 0.452. The van der Waals surface area contributed by atoms with Crippen molar-refractivity contribution >= 4 is 46.4 Å². The molecule has 136 valence electrons. The second kappa shape index (κ2) is 8.05. The lowest BCUT2D eigenvalue weighted by atomic mass is 10.0. The summed E-state index contributed by atoms with van der Waals surface area (Å²) in [6.07, 6.45) is -7.47. The molecule has 23 heavy (non-hydrogen) atoms. The van der Waals surface area contributed by atoms with Gasteiger partial charge in [-0.15, -0.1) is 46.4 Å². The van der Waals surface area contributed by atoms with Gasteiger partial charge in [-0.05, 0) is 0 Å². The molecule has 0 aliphatic carbocycles. The SMILES string of the molecule is OC[C@H]1O[C@H](O[C@]2(CCl)O[C@H](CCl)[C@@H](Cl)[C@@H]2O)[C@H](O)[C@@H](O)[C@@H]1Cl. The molecule has 2 saturated heterocycles. The van der Waals surface area contributed by atoms with Crippen LogP contribution in [0.3, 0.4) is 0 Å². The highest BCUT2D eigenvalue weighted by Crippen LogP contribution is 2.39. The minimum absolute atomic E-state index is 0.00700. The van der Waals surface area contributed by atoms with Crippen molar-refractivity contribution in [2.24, 2.45) is 0 Å². The lowest BCUT2D eigenvalue weighted by Gasteiger charge is -2.43. The summed E-state index contributed by atoms with van der Waals surface area (Å²) in [6.45, 7) is -0.502. The van der Waals surface area contributed by atoms with Crippen molar-refractivity contribution in [2.45, 2.75) is 53.4 Å². The summed E-state index contributed by atoms with van der Waals surface area (Å²) in [5.74, 6) is -2.12. The number of halogens is 4. The third kappa shape index (κ3) is 3.71. The molecule has 0 aromatic rings. The molecule has 7 nitrogen and oxygen atoms in total. The first-order valence-corrected chi connectivity index (χ1v) is 8.81. The summed E-state index contributed by atoms with van der Waals surface area (Å²) in [6, 6.07) is 0. The predicted octanol–water partition coefficient (Wildman–Crippen LogP) is -0.410. The monoisotopic (exact) mass is 414 g/mol. The highest BCUT2D eigenvalue weighted by atomic mass is 35.5. The van der Waals surface area contributed by atoms with Crippen molar-refractivity contribution in [3.05, 3.63) is 0 Å². The van der Waals surface area contributed by atoms with Crippen molar-refractivity contribution in [2.75, 3.05) is 18.4 Å². The van der Waals surface area contributed by atoms with Crippen LogP contribution in [-0.2, 0) is 14.2 Å². The van der Waals surface area contributed by atoms with Gasteiger partial charge in [-0.3, -0.25) is 0 Å². The fourth-order valence-corrected chi connectivity index (χ4v) is 3.78. The summed E-state index contributed by atoms with van der Waals surface area (Å²) >= 11 is 23.5. The lowest BCUT2D eigenvalue weighted by molar-refractivity contribution is -0.357. The Labute approximate surface area is 152 Å². The zero-order chi connectivity index (χ0) is 17.4. The van der Waals surface area contributed by atoms with Gasteiger partial charge in [0, 0.05) is 0 Å². The predicted molar refractivity (Wildman–Crippen MR) is 83.2 cm³/mol. The standard InChI is InChI=1S/C12H18Cl4O7/c13-1-4-7(16)10(20)12(3-14,22-4)23-11-9(19)8(18)6(15)5(2-17)21-11/h4-11,17-20H,1-3H2/t4-,5-,6-,7-,8+,9-,10+,11-,12+/m1/s1. The second-order valence-corrected chi connectivity index (χ2v) is 7.00. The third-order valence-corrected chi connectivity index (χ3v) is 5.65. The normalized spacial score (nSPS) is 51.1. The van der Waals surface area contributed by atoms with Gasteiger partial charge in [-0.2, -0.15) is 0 Å². The Kier molecular flexibility index (Phi) is 7.07. The van der Waals surface area contributed by atoms with Crippen LogP contribution in [-0.4, -0.2) is 92.1 Å². The number of ether oxygens (including phenoxy) is 3. The van der Waals surface area contributed by atoms with Crippen LogP contribution < -0.4 is 0 Å². The van der Waals surface area contributed by atoms with Crippen LogP contribution in [0.4, 0.5) is 0 Å². The highest BCUT2D eigenvalue weighted by molar-refractivity contribution is 6.24. The number of alkyl halides is 4.